The van der Waals surface area contributed by atoms with E-state index in [1.165, 1.54) is 4.90 Å². The van der Waals surface area contributed by atoms with Crippen LogP contribution in [-0.2, 0) is 23.8 Å². The second kappa shape index (κ2) is 5.16. The molecule has 1 aromatic carbocycles. The first-order valence-electron chi connectivity index (χ1n) is 8.66. The summed E-state index contributed by atoms with van der Waals surface area (Å²) in [6, 6.07) is 6.88. The fourth-order valence-electron chi connectivity index (χ4n) is 4.66. The van der Waals surface area contributed by atoms with Crippen LogP contribution in [0.1, 0.15) is 6.92 Å². The zero-order valence-electron chi connectivity index (χ0n) is 14.5. The molecular formula is C19H19NO6. The molecule has 0 saturated carbocycles. The molecule has 5 rings (SSSR count). The third-order valence-corrected chi connectivity index (χ3v) is 5.80. The van der Waals surface area contributed by atoms with Gasteiger partial charge in [0.15, 0.2) is 11.9 Å². The van der Waals surface area contributed by atoms with Crippen molar-refractivity contribution in [3.05, 3.63) is 36.4 Å². The Morgan fingerprint density at radius 3 is 2.35 bits per heavy atom. The third kappa shape index (κ3) is 1.83. The molecule has 2 bridgehead atoms. The lowest BCUT2D eigenvalue weighted by atomic mass is 9.72. The standard InChI is InChI=1S/C19H19NO6/c1-18-7-8-19(26-18,17-24-9-10-25-17)14-13(18)15(21)20(16(14)22)11-3-5-12(23-2)6-4-11/h3-8,13-14,17H,9-10H2,1-2H3/t13-,14+,18+,19+/m0/s1. The predicted molar refractivity (Wildman–Crippen MR) is 89.5 cm³/mol. The van der Waals surface area contributed by atoms with Crippen molar-refractivity contribution in [2.45, 2.75) is 24.4 Å². The minimum atomic E-state index is -1.05. The Kier molecular flexibility index (Phi) is 3.17. The van der Waals surface area contributed by atoms with Gasteiger partial charge in [0.2, 0.25) is 11.8 Å². The Hall–Kier alpha value is -2.22. The van der Waals surface area contributed by atoms with E-state index in [-0.39, 0.29) is 11.8 Å². The molecule has 2 amide bonds. The third-order valence-electron chi connectivity index (χ3n) is 5.80. The predicted octanol–water partition coefficient (Wildman–Crippen LogP) is 1.27. The number of carbonyl (C=O) groups excluding carboxylic acids is 2. The Balaban J connectivity index is 1.56. The summed E-state index contributed by atoms with van der Waals surface area (Å²) < 4.78 is 22.7. The van der Waals surface area contributed by atoms with Gasteiger partial charge in [0, 0.05) is 0 Å². The monoisotopic (exact) mass is 357 g/mol. The molecule has 0 unspecified atom stereocenters. The molecule has 7 nitrogen and oxygen atoms in total. The van der Waals surface area contributed by atoms with E-state index in [4.69, 9.17) is 18.9 Å². The summed E-state index contributed by atoms with van der Waals surface area (Å²) in [5.74, 6) is -1.12. The summed E-state index contributed by atoms with van der Waals surface area (Å²) in [6.45, 7) is 2.73. The molecule has 4 atom stereocenters. The zero-order chi connectivity index (χ0) is 18.1. The summed E-state index contributed by atoms with van der Waals surface area (Å²) in [6.07, 6.45) is 3.03. The van der Waals surface area contributed by atoms with E-state index in [1.807, 2.05) is 19.1 Å². The number of ether oxygens (including phenoxy) is 4. The highest BCUT2D eigenvalue weighted by Gasteiger charge is 2.75. The zero-order valence-corrected chi connectivity index (χ0v) is 14.5. The van der Waals surface area contributed by atoms with Gasteiger partial charge in [-0.2, -0.15) is 0 Å². The molecule has 0 N–H and O–H groups in total. The van der Waals surface area contributed by atoms with Gasteiger partial charge in [0.1, 0.15) is 5.75 Å². The first-order valence-corrected chi connectivity index (χ1v) is 8.66. The van der Waals surface area contributed by atoms with Crippen LogP contribution in [-0.4, -0.2) is 49.6 Å². The van der Waals surface area contributed by atoms with Gasteiger partial charge >= 0.3 is 0 Å². The maximum atomic E-state index is 13.3. The molecule has 0 aromatic heterocycles. The second-order valence-electron chi connectivity index (χ2n) is 7.21. The van der Waals surface area contributed by atoms with Gasteiger partial charge in [-0.05, 0) is 37.3 Å². The molecule has 3 saturated heterocycles. The fraction of sp³-hybridized carbons (Fsp3) is 0.474. The number of imide groups is 1. The van der Waals surface area contributed by atoms with E-state index in [2.05, 4.69) is 0 Å². The van der Waals surface area contributed by atoms with Crippen LogP contribution in [0.4, 0.5) is 5.69 Å². The Labute approximate surface area is 150 Å². The minimum Gasteiger partial charge on any atom is -0.497 e. The van der Waals surface area contributed by atoms with E-state index in [1.54, 1.807) is 31.4 Å². The number of fused-ring (bicyclic) bond motifs is 5. The Morgan fingerprint density at radius 1 is 1.04 bits per heavy atom. The lowest BCUT2D eigenvalue weighted by Gasteiger charge is -2.32. The van der Waals surface area contributed by atoms with Crippen molar-refractivity contribution in [3.8, 4) is 5.75 Å². The number of rotatable bonds is 3. The largest absolute Gasteiger partial charge is 0.497 e. The van der Waals surface area contributed by atoms with Crippen LogP contribution in [0.25, 0.3) is 0 Å². The molecule has 4 heterocycles. The average Bonchev–Trinajstić information content (AvgIpc) is 3.38. The summed E-state index contributed by atoms with van der Waals surface area (Å²) in [5.41, 5.74) is -1.36. The molecule has 4 aliphatic heterocycles. The molecule has 136 valence electrons. The van der Waals surface area contributed by atoms with E-state index in [9.17, 15) is 9.59 Å². The molecule has 0 spiro atoms. The second-order valence-corrected chi connectivity index (χ2v) is 7.21. The van der Waals surface area contributed by atoms with Gasteiger partial charge < -0.3 is 18.9 Å². The maximum Gasteiger partial charge on any atom is 0.241 e. The average molecular weight is 357 g/mol. The number of benzene rings is 1. The highest BCUT2D eigenvalue weighted by atomic mass is 16.7. The summed E-state index contributed by atoms with van der Waals surface area (Å²) in [4.78, 5) is 27.7. The van der Waals surface area contributed by atoms with Crippen LogP contribution in [0.2, 0.25) is 0 Å². The number of carbonyl (C=O) groups is 2. The molecule has 0 aliphatic carbocycles. The normalized spacial score (nSPS) is 38.5. The van der Waals surface area contributed by atoms with E-state index >= 15 is 0 Å². The summed E-state index contributed by atoms with van der Waals surface area (Å²) in [7, 11) is 1.57. The van der Waals surface area contributed by atoms with Gasteiger partial charge in [-0.3, -0.25) is 9.59 Å². The number of hydrogen-bond acceptors (Lipinski definition) is 6. The summed E-state index contributed by atoms with van der Waals surface area (Å²) >= 11 is 0. The van der Waals surface area contributed by atoms with Crippen LogP contribution < -0.4 is 9.64 Å². The van der Waals surface area contributed by atoms with E-state index < -0.39 is 29.3 Å². The number of anilines is 1. The topological polar surface area (TPSA) is 74.3 Å². The van der Waals surface area contributed by atoms with E-state index in [0.717, 1.165) is 0 Å². The first kappa shape index (κ1) is 16.0. The van der Waals surface area contributed by atoms with Crippen LogP contribution in [0, 0.1) is 11.8 Å². The smallest absolute Gasteiger partial charge is 0.241 e. The van der Waals surface area contributed by atoms with Gasteiger partial charge in [-0.15, -0.1) is 0 Å². The highest BCUT2D eigenvalue weighted by molar-refractivity contribution is 6.23. The van der Waals surface area contributed by atoms with E-state index in [0.29, 0.717) is 24.7 Å². The highest BCUT2D eigenvalue weighted by Crippen LogP contribution is 2.59. The van der Waals surface area contributed by atoms with Gasteiger partial charge in [-0.1, -0.05) is 6.08 Å². The van der Waals surface area contributed by atoms with Crippen molar-refractivity contribution < 1.29 is 28.5 Å². The Morgan fingerprint density at radius 2 is 1.69 bits per heavy atom. The first-order chi connectivity index (χ1) is 12.5. The van der Waals surface area contributed by atoms with Crippen molar-refractivity contribution in [2.24, 2.45) is 11.8 Å². The lowest BCUT2D eigenvalue weighted by molar-refractivity contribution is -0.190. The van der Waals surface area contributed by atoms with Crippen molar-refractivity contribution in [1.82, 2.24) is 0 Å². The molecule has 26 heavy (non-hydrogen) atoms. The number of hydrogen-bond donors (Lipinski definition) is 0. The summed E-state index contributed by atoms with van der Waals surface area (Å²) in [5, 5.41) is 0. The molecule has 0 radical (unpaired) electrons. The van der Waals surface area contributed by atoms with Crippen LogP contribution in [0.3, 0.4) is 0 Å². The van der Waals surface area contributed by atoms with Gasteiger partial charge in [-0.25, -0.2) is 4.90 Å². The molecule has 4 aliphatic rings. The number of amides is 2. The Bertz CT molecular complexity index is 814. The van der Waals surface area contributed by atoms with Gasteiger partial charge in [0.05, 0.1) is 43.4 Å². The molecule has 1 aromatic rings. The number of methoxy groups -OCH3 is 1. The van der Waals surface area contributed by atoms with Crippen molar-refractivity contribution >= 4 is 17.5 Å². The molecular weight excluding hydrogens is 338 g/mol. The van der Waals surface area contributed by atoms with Crippen LogP contribution >= 0.6 is 0 Å². The van der Waals surface area contributed by atoms with Crippen LogP contribution in [0.15, 0.2) is 36.4 Å². The fourth-order valence-corrected chi connectivity index (χ4v) is 4.66. The van der Waals surface area contributed by atoms with Crippen molar-refractivity contribution in [1.29, 1.82) is 0 Å². The quantitative estimate of drug-likeness (QED) is 0.599. The molecule has 7 heteroatoms. The molecule has 3 fully saturated rings. The van der Waals surface area contributed by atoms with Crippen molar-refractivity contribution in [2.75, 3.05) is 25.2 Å². The number of nitrogens with zero attached hydrogens (tertiary/aromatic N) is 1. The van der Waals surface area contributed by atoms with Crippen molar-refractivity contribution in [3.63, 3.8) is 0 Å². The SMILES string of the molecule is COc1ccc(N2C(=O)[C@@H]3[C@H](C2=O)[C@@]2(C4OCCO4)C=C[C@@]3(C)O2)cc1. The maximum absolute atomic E-state index is 13.3. The lowest BCUT2D eigenvalue weighted by Crippen LogP contribution is -2.49. The van der Waals surface area contributed by atoms with Crippen LogP contribution in [0.5, 0.6) is 5.75 Å². The minimum absolute atomic E-state index is 0.253. The van der Waals surface area contributed by atoms with Gasteiger partial charge in [0.25, 0.3) is 0 Å².